The SMILES string of the molecule is COc1ccc(-n2c(SCC(=O)NN=Cc3c4ccccc4cc4ccccc34)nnc2-c2ccc(C)cc2)cc1. The number of hydrogen-bond acceptors (Lipinski definition) is 6. The molecule has 6 rings (SSSR count). The zero-order valence-electron chi connectivity index (χ0n) is 22.6. The van der Waals surface area contributed by atoms with Crippen molar-refractivity contribution in [3.05, 3.63) is 114 Å². The van der Waals surface area contributed by atoms with Crippen molar-refractivity contribution in [2.75, 3.05) is 12.9 Å². The van der Waals surface area contributed by atoms with Gasteiger partial charge >= 0.3 is 0 Å². The van der Waals surface area contributed by atoms with Crippen LogP contribution in [0.15, 0.2) is 113 Å². The molecule has 0 bridgehead atoms. The molecule has 5 aromatic carbocycles. The fraction of sp³-hybridized carbons (Fsp3) is 0.0909. The molecule has 0 fully saturated rings. The summed E-state index contributed by atoms with van der Waals surface area (Å²) in [5.41, 5.74) is 6.61. The standard InChI is InChI=1S/C33H27N5O2S/c1-22-11-13-23(14-12-22)32-36-37-33(38(32)26-15-17-27(40-2)18-16-26)41-21-31(39)35-34-20-30-28-9-5-3-7-24(28)19-25-8-4-6-10-29(25)30/h3-20H,21H2,1-2H3,(H,35,39). The Morgan fingerprint density at radius 1 is 0.902 bits per heavy atom. The molecule has 1 heterocycles. The topological polar surface area (TPSA) is 81.4 Å². The molecule has 0 saturated carbocycles. The van der Waals surface area contributed by atoms with Crippen LogP contribution in [0, 0.1) is 6.92 Å². The third kappa shape index (κ3) is 5.55. The number of rotatable bonds is 8. The molecule has 7 nitrogen and oxygen atoms in total. The smallest absolute Gasteiger partial charge is 0.250 e. The number of aryl methyl sites for hydroxylation is 1. The van der Waals surface area contributed by atoms with Crippen molar-refractivity contribution in [3.8, 4) is 22.8 Å². The van der Waals surface area contributed by atoms with Gasteiger partial charge in [-0.1, -0.05) is 90.1 Å². The van der Waals surface area contributed by atoms with Crippen LogP contribution in [0.1, 0.15) is 11.1 Å². The van der Waals surface area contributed by atoms with Gasteiger partial charge in [0.15, 0.2) is 11.0 Å². The van der Waals surface area contributed by atoms with Crippen LogP contribution < -0.4 is 10.2 Å². The van der Waals surface area contributed by atoms with E-state index in [1.165, 1.54) is 11.8 Å². The monoisotopic (exact) mass is 557 g/mol. The Bertz CT molecular complexity index is 1830. The Balaban J connectivity index is 1.23. The van der Waals surface area contributed by atoms with Crippen molar-refractivity contribution in [2.45, 2.75) is 12.1 Å². The molecule has 1 N–H and O–H groups in total. The number of amides is 1. The Morgan fingerprint density at radius 3 is 2.22 bits per heavy atom. The van der Waals surface area contributed by atoms with Crippen molar-refractivity contribution in [1.29, 1.82) is 0 Å². The van der Waals surface area contributed by atoms with E-state index in [4.69, 9.17) is 4.74 Å². The summed E-state index contributed by atoms with van der Waals surface area (Å²) in [4.78, 5) is 12.9. The van der Waals surface area contributed by atoms with Crippen molar-refractivity contribution in [2.24, 2.45) is 5.10 Å². The van der Waals surface area contributed by atoms with Crippen LogP contribution in [-0.2, 0) is 4.79 Å². The minimum atomic E-state index is -0.239. The van der Waals surface area contributed by atoms with Crippen molar-refractivity contribution in [3.63, 3.8) is 0 Å². The fourth-order valence-corrected chi connectivity index (χ4v) is 5.48. The Labute approximate surface area is 241 Å². The first kappa shape index (κ1) is 26.3. The van der Waals surface area contributed by atoms with Gasteiger partial charge in [0.05, 0.1) is 19.1 Å². The van der Waals surface area contributed by atoms with Gasteiger partial charge in [0, 0.05) is 16.8 Å². The number of aromatic nitrogens is 3. The van der Waals surface area contributed by atoms with Crippen LogP contribution in [0.5, 0.6) is 5.75 Å². The molecule has 1 aromatic heterocycles. The van der Waals surface area contributed by atoms with E-state index in [2.05, 4.69) is 51.1 Å². The summed E-state index contributed by atoms with van der Waals surface area (Å²) < 4.78 is 7.28. The van der Waals surface area contributed by atoms with Gasteiger partial charge in [-0.05, 0) is 58.8 Å². The molecule has 0 atom stereocenters. The first-order chi connectivity index (χ1) is 20.1. The summed E-state index contributed by atoms with van der Waals surface area (Å²) in [6.45, 7) is 2.04. The molecular weight excluding hydrogens is 530 g/mol. The van der Waals surface area contributed by atoms with Gasteiger partial charge in [0.25, 0.3) is 5.91 Å². The summed E-state index contributed by atoms with van der Waals surface area (Å²) in [5.74, 6) is 1.33. The first-order valence-electron chi connectivity index (χ1n) is 13.1. The number of thioether (sulfide) groups is 1. The van der Waals surface area contributed by atoms with Gasteiger partial charge in [-0.15, -0.1) is 10.2 Å². The van der Waals surface area contributed by atoms with E-state index >= 15 is 0 Å². The van der Waals surface area contributed by atoms with E-state index in [9.17, 15) is 4.79 Å². The molecule has 0 aliphatic carbocycles. The quantitative estimate of drug-likeness (QED) is 0.0963. The molecule has 41 heavy (non-hydrogen) atoms. The van der Waals surface area contributed by atoms with E-state index in [0.29, 0.717) is 11.0 Å². The molecule has 6 aromatic rings. The molecule has 0 spiro atoms. The maximum Gasteiger partial charge on any atom is 0.250 e. The minimum absolute atomic E-state index is 0.121. The number of nitrogens with one attached hydrogen (secondary N) is 1. The highest BCUT2D eigenvalue weighted by atomic mass is 32.2. The lowest BCUT2D eigenvalue weighted by atomic mass is 9.97. The van der Waals surface area contributed by atoms with Crippen molar-refractivity contribution in [1.82, 2.24) is 20.2 Å². The zero-order chi connectivity index (χ0) is 28.2. The van der Waals surface area contributed by atoms with E-state index < -0.39 is 0 Å². The normalized spacial score (nSPS) is 11.4. The number of methoxy groups -OCH3 is 1. The number of nitrogens with zero attached hydrogens (tertiary/aromatic N) is 4. The summed E-state index contributed by atoms with van der Waals surface area (Å²) in [6, 6.07) is 34.3. The molecule has 0 radical (unpaired) electrons. The summed E-state index contributed by atoms with van der Waals surface area (Å²) in [5, 5.41) is 18.2. The third-order valence-corrected chi connectivity index (χ3v) is 7.73. The lowest BCUT2D eigenvalue weighted by Crippen LogP contribution is -2.20. The average molecular weight is 558 g/mol. The predicted molar refractivity (Wildman–Crippen MR) is 166 cm³/mol. The lowest BCUT2D eigenvalue weighted by Gasteiger charge is -2.11. The number of hydrogen-bond donors (Lipinski definition) is 1. The highest BCUT2D eigenvalue weighted by Gasteiger charge is 2.17. The zero-order valence-corrected chi connectivity index (χ0v) is 23.4. The average Bonchev–Trinajstić information content (AvgIpc) is 3.44. The maximum atomic E-state index is 12.9. The Morgan fingerprint density at radius 2 is 1.56 bits per heavy atom. The van der Waals surface area contributed by atoms with Gasteiger partial charge in [-0.3, -0.25) is 9.36 Å². The molecule has 0 aliphatic heterocycles. The first-order valence-corrected chi connectivity index (χ1v) is 14.1. The van der Waals surface area contributed by atoms with Gasteiger partial charge < -0.3 is 4.74 Å². The van der Waals surface area contributed by atoms with E-state index in [0.717, 1.165) is 49.7 Å². The number of fused-ring (bicyclic) bond motifs is 2. The molecule has 8 heteroatoms. The van der Waals surface area contributed by atoms with Crippen LogP contribution in [0.4, 0.5) is 0 Å². The minimum Gasteiger partial charge on any atom is -0.497 e. The number of ether oxygens (including phenoxy) is 1. The van der Waals surface area contributed by atoms with Gasteiger partial charge in [0.1, 0.15) is 5.75 Å². The second-order valence-electron chi connectivity index (χ2n) is 9.52. The van der Waals surface area contributed by atoms with Crippen LogP contribution >= 0.6 is 11.8 Å². The largest absolute Gasteiger partial charge is 0.497 e. The summed E-state index contributed by atoms with van der Waals surface area (Å²) in [6.07, 6.45) is 1.72. The van der Waals surface area contributed by atoms with Crippen LogP contribution in [-0.4, -0.2) is 39.7 Å². The lowest BCUT2D eigenvalue weighted by molar-refractivity contribution is -0.118. The molecule has 0 aliphatic rings. The molecule has 0 unspecified atom stereocenters. The van der Waals surface area contributed by atoms with E-state index in [1.54, 1.807) is 13.3 Å². The Hall–Kier alpha value is -4.95. The highest BCUT2D eigenvalue weighted by molar-refractivity contribution is 7.99. The van der Waals surface area contributed by atoms with Gasteiger partial charge in [-0.2, -0.15) is 5.10 Å². The second kappa shape index (κ2) is 11.7. The van der Waals surface area contributed by atoms with Gasteiger partial charge in [0.2, 0.25) is 0 Å². The molecule has 202 valence electrons. The van der Waals surface area contributed by atoms with Crippen LogP contribution in [0.3, 0.4) is 0 Å². The third-order valence-electron chi connectivity index (χ3n) is 6.80. The molecular formula is C33H27N5O2S. The second-order valence-corrected chi connectivity index (χ2v) is 10.5. The van der Waals surface area contributed by atoms with E-state index in [-0.39, 0.29) is 11.7 Å². The number of hydrazone groups is 1. The van der Waals surface area contributed by atoms with E-state index in [1.807, 2.05) is 84.3 Å². The highest BCUT2D eigenvalue weighted by Crippen LogP contribution is 2.30. The number of benzene rings is 5. The predicted octanol–water partition coefficient (Wildman–Crippen LogP) is 6.80. The van der Waals surface area contributed by atoms with Crippen LogP contribution in [0.25, 0.3) is 38.6 Å². The van der Waals surface area contributed by atoms with Crippen molar-refractivity contribution < 1.29 is 9.53 Å². The van der Waals surface area contributed by atoms with Crippen molar-refractivity contribution >= 4 is 45.4 Å². The number of carbonyl (C=O) groups is 1. The van der Waals surface area contributed by atoms with Crippen LogP contribution in [0.2, 0.25) is 0 Å². The summed E-state index contributed by atoms with van der Waals surface area (Å²) >= 11 is 1.30. The molecule has 0 saturated heterocycles. The Kier molecular flexibility index (Phi) is 7.47. The molecule has 1 amide bonds. The fourth-order valence-electron chi connectivity index (χ4n) is 4.74. The number of carbonyl (C=O) groups excluding carboxylic acids is 1. The summed E-state index contributed by atoms with van der Waals surface area (Å²) in [7, 11) is 1.64. The maximum absolute atomic E-state index is 12.9. The van der Waals surface area contributed by atoms with Gasteiger partial charge in [-0.25, -0.2) is 5.43 Å².